The first kappa shape index (κ1) is 28.4. The number of nitrogens with zero attached hydrogens (tertiary/aromatic N) is 1. The minimum absolute atomic E-state index is 0.0640. The average Bonchev–Trinajstić information content (AvgIpc) is 3.24. The van der Waals surface area contributed by atoms with E-state index in [-0.39, 0.29) is 28.8 Å². The third kappa shape index (κ3) is 6.16. The lowest BCUT2D eigenvalue weighted by Gasteiger charge is -2.15. The number of halogens is 4. The van der Waals surface area contributed by atoms with Gasteiger partial charge in [0.15, 0.2) is 9.84 Å². The number of carbonyl (C=O) groups excluding carboxylic acids is 1. The zero-order valence-electron chi connectivity index (χ0n) is 21.6. The molecule has 1 heterocycles. The molecular weight excluding hydrogens is 532 g/mol. The Bertz CT molecular complexity index is 1620. The molecule has 0 aliphatic carbocycles. The molecule has 1 amide bonds. The number of benzene rings is 3. The van der Waals surface area contributed by atoms with Crippen molar-refractivity contribution in [1.29, 1.82) is 0 Å². The van der Waals surface area contributed by atoms with Gasteiger partial charge in [0.2, 0.25) is 0 Å². The summed E-state index contributed by atoms with van der Waals surface area (Å²) >= 11 is 0. The second-order valence-electron chi connectivity index (χ2n) is 9.58. The molecular formula is C29H28F4N2O3S. The summed E-state index contributed by atoms with van der Waals surface area (Å²) in [6, 6.07) is 15.9. The number of hydrogen-bond donors (Lipinski definition) is 1. The van der Waals surface area contributed by atoms with Crippen molar-refractivity contribution >= 4 is 26.6 Å². The number of alkyl halides is 3. The highest BCUT2D eigenvalue weighted by Gasteiger charge is 2.30. The monoisotopic (exact) mass is 560 g/mol. The fourth-order valence-electron chi connectivity index (χ4n) is 4.51. The van der Waals surface area contributed by atoms with Gasteiger partial charge in [0.1, 0.15) is 5.82 Å². The molecule has 4 aromatic rings. The Labute approximate surface area is 224 Å². The van der Waals surface area contributed by atoms with E-state index in [1.807, 2.05) is 26.0 Å². The molecule has 1 N–H and O–H groups in total. The fourth-order valence-corrected chi connectivity index (χ4v) is 5.40. The molecule has 5 nitrogen and oxygen atoms in total. The van der Waals surface area contributed by atoms with Crippen LogP contribution >= 0.6 is 0 Å². The molecule has 0 atom stereocenters. The Morgan fingerprint density at radius 3 is 2.26 bits per heavy atom. The zero-order chi connectivity index (χ0) is 28.5. The van der Waals surface area contributed by atoms with Gasteiger partial charge < -0.3 is 9.88 Å². The lowest BCUT2D eigenvalue weighted by molar-refractivity contribution is -0.137. The van der Waals surface area contributed by atoms with Gasteiger partial charge in [0.05, 0.1) is 16.2 Å². The largest absolute Gasteiger partial charge is 0.416 e. The highest BCUT2D eigenvalue weighted by molar-refractivity contribution is 7.91. The van der Waals surface area contributed by atoms with E-state index in [1.54, 1.807) is 12.1 Å². The lowest BCUT2D eigenvalue weighted by atomic mass is 10.1. The number of carbonyl (C=O) groups is 1. The molecule has 0 aliphatic rings. The van der Waals surface area contributed by atoms with Crippen molar-refractivity contribution in [3.63, 3.8) is 0 Å². The Morgan fingerprint density at radius 1 is 0.974 bits per heavy atom. The van der Waals surface area contributed by atoms with Crippen LogP contribution in [0.2, 0.25) is 0 Å². The normalized spacial score (nSPS) is 12.3. The fraction of sp³-hybridized carbons (Fsp3) is 0.276. The minimum atomic E-state index is -4.40. The van der Waals surface area contributed by atoms with Crippen molar-refractivity contribution in [1.82, 2.24) is 9.88 Å². The molecule has 0 unspecified atom stereocenters. The Kier molecular flexibility index (Phi) is 7.88. The maximum atomic E-state index is 14.5. The van der Waals surface area contributed by atoms with E-state index in [0.29, 0.717) is 12.0 Å². The van der Waals surface area contributed by atoms with Crippen molar-refractivity contribution in [2.45, 2.75) is 50.9 Å². The third-order valence-corrected chi connectivity index (χ3v) is 8.30. The van der Waals surface area contributed by atoms with Crippen molar-refractivity contribution in [2.75, 3.05) is 5.75 Å². The summed E-state index contributed by atoms with van der Waals surface area (Å²) in [5, 5.41) is 3.46. The van der Waals surface area contributed by atoms with Gasteiger partial charge in [-0.2, -0.15) is 13.2 Å². The van der Waals surface area contributed by atoms with E-state index in [1.165, 1.54) is 31.2 Å². The first-order valence-corrected chi connectivity index (χ1v) is 14.0. The van der Waals surface area contributed by atoms with Crippen molar-refractivity contribution in [3.05, 3.63) is 100 Å². The number of nitrogens with one attached hydrogen (secondary N) is 1. The predicted molar refractivity (Wildman–Crippen MR) is 142 cm³/mol. The number of rotatable bonds is 8. The van der Waals surface area contributed by atoms with Crippen LogP contribution in [0.25, 0.3) is 10.9 Å². The van der Waals surface area contributed by atoms with Gasteiger partial charge in [-0.1, -0.05) is 25.1 Å². The van der Waals surface area contributed by atoms with Crippen LogP contribution in [0.1, 0.15) is 59.6 Å². The summed E-state index contributed by atoms with van der Waals surface area (Å²) in [7, 11) is -3.54. The van der Waals surface area contributed by atoms with E-state index >= 15 is 0 Å². The number of sulfone groups is 1. The molecule has 39 heavy (non-hydrogen) atoms. The van der Waals surface area contributed by atoms with Crippen LogP contribution in [-0.2, 0) is 29.0 Å². The van der Waals surface area contributed by atoms with Crippen LogP contribution in [0.15, 0.2) is 71.6 Å². The Hall–Kier alpha value is -3.66. The number of aromatic nitrogens is 1. The molecule has 0 aliphatic heterocycles. The SMILES string of the molecule is CCS(=O)(=O)c1ccc(CNC(=O)c2ccc3c(c2)cc(Cc2ccc(C(F)(F)F)cc2)n3C(C)C)c(F)c1. The highest BCUT2D eigenvalue weighted by atomic mass is 32.2. The average molecular weight is 561 g/mol. The summed E-state index contributed by atoms with van der Waals surface area (Å²) in [6.07, 6.45) is -3.98. The van der Waals surface area contributed by atoms with Crippen LogP contribution in [0.3, 0.4) is 0 Å². The highest BCUT2D eigenvalue weighted by Crippen LogP contribution is 2.31. The van der Waals surface area contributed by atoms with E-state index in [9.17, 15) is 30.8 Å². The summed E-state index contributed by atoms with van der Waals surface area (Å²) < 4.78 is 79.3. The number of fused-ring (bicyclic) bond motifs is 1. The van der Waals surface area contributed by atoms with Crippen LogP contribution in [-0.4, -0.2) is 24.6 Å². The molecule has 0 spiro atoms. The first-order valence-electron chi connectivity index (χ1n) is 12.4. The molecule has 0 radical (unpaired) electrons. The molecule has 0 saturated carbocycles. The quantitative estimate of drug-likeness (QED) is 0.244. The Morgan fingerprint density at radius 2 is 1.67 bits per heavy atom. The maximum Gasteiger partial charge on any atom is 0.416 e. The molecule has 206 valence electrons. The summed E-state index contributed by atoms with van der Waals surface area (Å²) in [4.78, 5) is 12.7. The minimum Gasteiger partial charge on any atom is -0.348 e. The maximum absolute atomic E-state index is 14.5. The topological polar surface area (TPSA) is 68.2 Å². The predicted octanol–water partition coefficient (Wildman–Crippen LogP) is 6.69. The van der Waals surface area contributed by atoms with E-state index in [2.05, 4.69) is 9.88 Å². The summed E-state index contributed by atoms with van der Waals surface area (Å²) in [6.45, 7) is 5.36. The second kappa shape index (κ2) is 10.8. The van der Waals surface area contributed by atoms with Crippen molar-refractivity contribution in [3.8, 4) is 0 Å². The van der Waals surface area contributed by atoms with Crippen LogP contribution in [0.5, 0.6) is 0 Å². The van der Waals surface area contributed by atoms with E-state index in [4.69, 9.17) is 0 Å². The molecule has 10 heteroatoms. The van der Waals surface area contributed by atoms with Gasteiger partial charge in [-0.25, -0.2) is 12.8 Å². The van der Waals surface area contributed by atoms with Crippen molar-refractivity contribution in [2.24, 2.45) is 0 Å². The van der Waals surface area contributed by atoms with Crippen LogP contribution < -0.4 is 5.32 Å². The van der Waals surface area contributed by atoms with Gasteiger partial charge in [-0.3, -0.25) is 4.79 Å². The van der Waals surface area contributed by atoms with Gasteiger partial charge in [0.25, 0.3) is 5.91 Å². The van der Waals surface area contributed by atoms with E-state index < -0.39 is 33.3 Å². The van der Waals surface area contributed by atoms with Crippen LogP contribution in [0.4, 0.5) is 17.6 Å². The molecule has 4 rings (SSSR count). The zero-order valence-corrected chi connectivity index (χ0v) is 22.5. The van der Waals surface area contributed by atoms with Gasteiger partial charge >= 0.3 is 6.18 Å². The molecule has 1 aromatic heterocycles. The second-order valence-corrected chi connectivity index (χ2v) is 11.9. The van der Waals surface area contributed by atoms with Crippen molar-refractivity contribution < 1.29 is 30.8 Å². The van der Waals surface area contributed by atoms with Gasteiger partial charge in [0, 0.05) is 46.7 Å². The summed E-state index contributed by atoms with van der Waals surface area (Å²) in [5.41, 5.74) is 2.31. The standard InChI is InChI=1S/C29H28F4N2O3S/c1-4-39(37,38)25-11-7-21(26(30)16-25)17-34-28(36)20-8-12-27-22(14-20)15-24(35(27)18(2)3)13-19-5-9-23(10-6-19)29(31,32)33/h5-12,14-16,18H,4,13,17H2,1-3H3,(H,34,36). The van der Waals surface area contributed by atoms with Crippen LogP contribution in [0, 0.1) is 5.82 Å². The Balaban J connectivity index is 1.54. The molecule has 0 saturated heterocycles. The first-order chi connectivity index (χ1) is 18.3. The molecule has 0 fully saturated rings. The van der Waals surface area contributed by atoms with Gasteiger partial charge in [-0.15, -0.1) is 0 Å². The smallest absolute Gasteiger partial charge is 0.348 e. The third-order valence-electron chi connectivity index (χ3n) is 6.57. The number of hydrogen-bond acceptors (Lipinski definition) is 3. The molecule has 3 aromatic carbocycles. The van der Waals surface area contributed by atoms with Gasteiger partial charge in [-0.05, 0) is 67.9 Å². The number of amides is 1. The molecule has 0 bridgehead atoms. The summed E-state index contributed by atoms with van der Waals surface area (Å²) in [5.74, 6) is -1.29. The van der Waals surface area contributed by atoms with E-state index in [0.717, 1.165) is 40.4 Å². The lowest BCUT2D eigenvalue weighted by Crippen LogP contribution is -2.23.